The third kappa shape index (κ3) is 3.05. The minimum atomic E-state index is 0.169. The molecule has 1 fully saturated rings. The molecule has 124 valence electrons. The molecule has 1 aliphatic rings. The Labute approximate surface area is 141 Å². The van der Waals surface area contributed by atoms with E-state index in [-0.39, 0.29) is 11.9 Å². The standard InChI is InChI=1S/C17H24N4OS/c1-4-13-6-11-23-15(13)17(22)21-10-9-20(5-2)14(12-21)16-18-7-8-19(16)3/h6-8,11,14H,4-5,9-10,12H2,1-3H3/t14-/m1/s1. The number of carbonyl (C=O) groups is 1. The maximum absolute atomic E-state index is 12.9. The third-order valence-corrected chi connectivity index (χ3v) is 5.61. The Kier molecular flexibility index (Phi) is 4.82. The van der Waals surface area contributed by atoms with Crippen molar-refractivity contribution < 1.29 is 4.79 Å². The Balaban J connectivity index is 1.83. The van der Waals surface area contributed by atoms with Crippen LogP contribution >= 0.6 is 11.3 Å². The SMILES string of the molecule is CCc1ccsc1C(=O)N1CCN(CC)[C@@H](c2nccn2C)C1. The minimum Gasteiger partial charge on any atom is -0.337 e. The smallest absolute Gasteiger partial charge is 0.264 e. The van der Waals surface area contributed by atoms with Crippen molar-refractivity contribution in [1.29, 1.82) is 0 Å². The topological polar surface area (TPSA) is 41.4 Å². The van der Waals surface area contributed by atoms with Crippen LogP contribution in [0.2, 0.25) is 0 Å². The average Bonchev–Trinajstić information content (AvgIpc) is 3.22. The van der Waals surface area contributed by atoms with Gasteiger partial charge in [-0.25, -0.2) is 4.98 Å². The van der Waals surface area contributed by atoms with Gasteiger partial charge in [0.25, 0.3) is 5.91 Å². The molecular weight excluding hydrogens is 308 g/mol. The van der Waals surface area contributed by atoms with Crippen LogP contribution in [0, 0.1) is 0 Å². The molecular formula is C17H24N4OS. The monoisotopic (exact) mass is 332 g/mol. The summed E-state index contributed by atoms with van der Waals surface area (Å²) in [5.74, 6) is 1.21. The number of nitrogens with zero attached hydrogens (tertiary/aromatic N) is 4. The van der Waals surface area contributed by atoms with Crippen LogP contribution in [0.25, 0.3) is 0 Å². The molecule has 5 nitrogen and oxygen atoms in total. The highest BCUT2D eigenvalue weighted by atomic mass is 32.1. The Morgan fingerprint density at radius 2 is 2.22 bits per heavy atom. The first-order chi connectivity index (χ1) is 11.2. The van der Waals surface area contributed by atoms with Gasteiger partial charge in [0.05, 0.1) is 10.9 Å². The van der Waals surface area contributed by atoms with Crippen molar-refractivity contribution in [3.05, 3.63) is 40.1 Å². The number of carbonyl (C=O) groups excluding carboxylic acids is 1. The van der Waals surface area contributed by atoms with Gasteiger partial charge in [0.1, 0.15) is 5.82 Å². The molecule has 0 saturated carbocycles. The molecule has 0 bridgehead atoms. The summed E-state index contributed by atoms with van der Waals surface area (Å²) in [5.41, 5.74) is 1.16. The Bertz CT molecular complexity index is 678. The summed E-state index contributed by atoms with van der Waals surface area (Å²) >= 11 is 1.56. The van der Waals surface area contributed by atoms with E-state index < -0.39 is 0 Å². The Hall–Kier alpha value is -1.66. The van der Waals surface area contributed by atoms with Gasteiger partial charge in [-0.05, 0) is 30.0 Å². The van der Waals surface area contributed by atoms with Crippen LogP contribution in [-0.4, -0.2) is 51.4 Å². The van der Waals surface area contributed by atoms with Crippen molar-refractivity contribution in [2.24, 2.45) is 7.05 Å². The van der Waals surface area contributed by atoms with E-state index in [1.807, 2.05) is 29.7 Å². The first-order valence-corrected chi connectivity index (χ1v) is 9.10. The molecule has 3 rings (SSSR count). The number of hydrogen-bond donors (Lipinski definition) is 0. The van der Waals surface area contributed by atoms with Gasteiger partial charge in [-0.3, -0.25) is 9.69 Å². The van der Waals surface area contributed by atoms with E-state index in [2.05, 4.69) is 34.4 Å². The van der Waals surface area contributed by atoms with Crippen LogP contribution in [-0.2, 0) is 13.5 Å². The zero-order chi connectivity index (χ0) is 16.4. The first kappa shape index (κ1) is 16.2. The molecule has 6 heteroatoms. The normalized spacial score (nSPS) is 19.3. The number of hydrogen-bond acceptors (Lipinski definition) is 4. The van der Waals surface area contributed by atoms with Gasteiger partial charge < -0.3 is 9.47 Å². The maximum atomic E-state index is 12.9. The van der Waals surface area contributed by atoms with Gasteiger partial charge >= 0.3 is 0 Å². The highest BCUT2D eigenvalue weighted by molar-refractivity contribution is 7.12. The fourth-order valence-corrected chi connectivity index (χ4v) is 4.23. The number of aryl methyl sites for hydroxylation is 2. The summed E-state index contributed by atoms with van der Waals surface area (Å²) in [5, 5.41) is 2.02. The maximum Gasteiger partial charge on any atom is 0.264 e. The van der Waals surface area contributed by atoms with E-state index in [1.54, 1.807) is 11.3 Å². The molecule has 1 saturated heterocycles. The highest BCUT2D eigenvalue weighted by Gasteiger charge is 2.33. The van der Waals surface area contributed by atoms with Crippen molar-refractivity contribution in [2.75, 3.05) is 26.2 Å². The van der Waals surface area contributed by atoms with Crippen LogP contribution in [0.5, 0.6) is 0 Å². The molecule has 23 heavy (non-hydrogen) atoms. The van der Waals surface area contributed by atoms with E-state index in [4.69, 9.17) is 0 Å². The molecule has 1 aliphatic heterocycles. The van der Waals surface area contributed by atoms with Gasteiger partial charge in [-0.1, -0.05) is 13.8 Å². The van der Waals surface area contributed by atoms with Crippen LogP contribution in [0.3, 0.4) is 0 Å². The lowest BCUT2D eigenvalue weighted by molar-refractivity contribution is 0.0476. The lowest BCUT2D eigenvalue weighted by Crippen LogP contribution is -2.50. The molecule has 0 spiro atoms. The number of thiophene rings is 1. The van der Waals surface area contributed by atoms with Crippen molar-refractivity contribution in [1.82, 2.24) is 19.4 Å². The molecule has 0 N–H and O–H groups in total. The summed E-state index contributed by atoms with van der Waals surface area (Å²) < 4.78 is 2.06. The van der Waals surface area contributed by atoms with Crippen molar-refractivity contribution in [3.8, 4) is 0 Å². The molecule has 0 aliphatic carbocycles. The number of imidazole rings is 1. The van der Waals surface area contributed by atoms with Gasteiger partial charge in [0, 0.05) is 39.1 Å². The predicted molar refractivity (Wildman–Crippen MR) is 92.8 cm³/mol. The van der Waals surface area contributed by atoms with E-state index in [9.17, 15) is 4.79 Å². The molecule has 1 atom stereocenters. The molecule has 2 aromatic rings. The number of likely N-dealkylation sites (N-methyl/N-ethyl adjacent to an activating group) is 1. The number of piperazine rings is 1. The second kappa shape index (κ2) is 6.84. The van der Waals surface area contributed by atoms with Gasteiger partial charge in [0.2, 0.25) is 0 Å². The molecule has 1 amide bonds. The third-order valence-electron chi connectivity index (χ3n) is 4.66. The molecule has 3 heterocycles. The summed E-state index contributed by atoms with van der Waals surface area (Å²) in [4.78, 5) is 22.7. The lowest BCUT2D eigenvalue weighted by Gasteiger charge is -2.40. The van der Waals surface area contributed by atoms with Crippen LogP contribution in [0.15, 0.2) is 23.8 Å². The highest BCUT2D eigenvalue weighted by Crippen LogP contribution is 2.27. The van der Waals surface area contributed by atoms with E-state index in [1.165, 1.54) is 0 Å². The second-order valence-electron chi connectivity index (χ2n) is 5.92. The largest absolute Gasteiger partial charge is 0.337 e. The fourth-order valence-electron chi connectivity index (χ4n) is 3.27. The average molecular weight is 332 g/mol. The number of aromatic nitrogens is 2. The van der Waals surface area contributed by atoms with Gasteiger partial charge in [-0.15, -0.1) is 11.3 Å². The first-order valence-electron chi connectivity index (χ1n) is 8.22. The second-order valence-corrected chi connectivity index (χ2v) is 6.84. The van der Waals surface area contributed by atoms with Gasteiger partial charge in [-0.2, -0.15) is 0 Å². The molecule has 0 aromatic carbocycles. The van der Waals surface area contributed by atoms with Crippen LogP contribution in [0.4, 0.5) is 0 Å². The quantitative estimate of drug-likeness (QED) is 0.864. The molecule has 2 aromatic heterocycles. The lowest BCUT2D eigenvalue weighted by atomic mass is 10.1. The van der Waals surface area contributed by atoms with E-state index in [0.29, 0.717) is 6.54 Å². The van der Waals surface area contributed by atoms with E-state index >= 15 is 0 Å². The van der Waals surface area contributed by atoms with Crippen molar-refractivity contribution >= 4 is 17.2 Å². The summed E-state index contributed by atoms with van der Waals surface area (Å²) in [7, 11) is 2.02. The fraction of sp³-hybridized carbons (Fsp3) is 0.529. The van der Waals surface area contributed by atoms with Crippen LogP contribution < -0.4 is 0 Å². The summed E-state index contributed by atoms with van der Waals surface area (Å²) in [6, 6.07) is 2.24. The zero-order valence-electron chi connectivity index (χ0n) is 14.0. The summed E-state index contributed by atoms with van der Waals surface area (Å²) in [6.45, 7) is 7.63. The number of amides is 1. The van der Waals surface area contributed by atoms with Crippen molar-refractivity contribution in [2.45, 2.75) is 26.3 Å². The van der Waals surface area contributed by atoms with Crippen LogP contribution in [0.1, 0.15) is 40.9 Å². The van der Waals surface area contributed by atoms with Gasteiger partial charge in [0.15, 0.2) is 0 Å². The number of rotatable bonds is 4. The molecule has 0 unspecified atom stereocenters. The van der Waals surface area contributed by atoms with Crippen molar-refractivity contribution in [3.63, 3.8) is 0 Å². The summed E-state index contributed by atoms with van der Waals surface area (Å²) in [6.07, 6.45) is 4.71. The van der Waals surface area contributed by atoms with E-state index in [0.717, 1.165) is 42.3 Å². The zero-order valence-corrected chi connectivity index (χ0v) is 14.8. The Morgan fingerprint density at radius 3 is 2.87 bits per heavy atom. The Morgan fingerprint density at radius 1 is 1.39 bits per heavy atom. The minimum absolute atomic E-state index is 0.169. The molecule has 0 radical (unpaired) electrons. The predicted octanol–water partition coefficient (Wildman–Crippen LogP) is 2.56.